The molecular formula is C29H28NO+. The average Bonchev–Trinajstić information content (AvgIpc) is 3.17. The Morgan fingerprint density at radius 1 is 0.903 bits per heavy atom. The second kappa shape index (κ2) is 7.23. The summed E-state index contributed by atoms with van der Waals surface area (Å²) < 4.78 is 17.7. The minimum absolute atomic E-state index is 0.439. The van der Waals surface area contributed by atoms with Gasteiger partial charge in [0.1, 0.15) is 18.2 Å². The van der Waals surface area contributed by atoms with E-state index in [1.165, 1.54) is 17.5 Å². The van der Waals surface area contributed by atoms with Gasteiger partial charge in [-0.1, -0.05) is 61.7 Å². The van der Waals surface area contributed by atoms with Crippen molar-refractivity contribution in [3.05, 3.63) is 78.0 Å². The van der Waals surface area contributed by atoms with Crippen LogP contribution in [0, 0.1) is 6.92 Å². The van der Waals surface area contributed by atoms with Crippen LogP contribution in [-0.4, -0.2) is 0 Å². The Labute approximate surface area is 184 Å². The number of fused-ring (bicyclic) bond motifs is 5. The van der Waals surface area contributed by atoms with Crippen LogP contribution < -0.4 is 4.57 Å². The summed E-state index contributed by atoms with van der Waals surface area (Å²) in [5, 5.41) is 4.57. The van der Waals surface area contributed by atoms with E-state index in [0.29, 0.717) is 0 Å². The summed E-state index contributed by atoms with van der Waals surface area (Å²) in [7, 11) is 2.10. The average molecular weight is 408 g/mol. The van der Waals surface area contributed by atoms with Gasteiger partial charge in [-0.15, -0.1) is 0 Å². The largest absolute Gasteiger partial charge is 0.455 e. The molecule has 6 rings (SSSR count). The molecule has 2 heterocycles. The number of hydrogen-bond donors (Lipinski definition) is 0. The van der Waals surface area contributed by atoms with E-state index >= 15 is 0 Å². The fourth-order valence-electron chi connectivity index (χ4n) is 5.27. The molecule has 1 fully saturated rings. The molecule has 3 aromatic carbocycles. The maximum atomic E-state index is 9.01. The van der Waals surface area contributed by atoms with Crippen molar-refractivity contribution >= 4 is 32.7 Å². The van der Waals surface area contributed by atoms with Gasteiger partial charge < -0.3 is 4.42 Å². The summed E-state index contributed by atoms with van der Waals surface area (Å²) in [5.74, 6) is -0.439. The lowest BCUT2D eigenvalue weighted by molar-refractivity contribution is -0.659. The van der Waals surface area contributed by atoms with E-state index in [4.69, 9.17) is 5.79 Å². The molecule has 1 aliphatic carbocycles. The van der Waals surface area contributed by atoms with Crippen LogP contribution in [0.5, 0.6) is 0 Å². The van der Waals surface area contributed by atoms with E-state index < -0.39 is 5.89 Å². The monoisotopic (exact) mass is 407 g/mol. The predicted molar refractivity (Wildman–Crippen MR) is 128 cm³/mol. The maximum Gasteiger partial charge on any atom is 0.216 e. The van der Waals surface area contributed by atoms with Gasteiger partial charge in [-0.3, -0.25) is 0 Å². The molecule has 0 spiro atoms. The van der Waals surface area contributed by atoms with Crippen molar-refractivity contribution in [2.24, 2.45) is 7.05 Å². The Bertz CT molecular complexity index is 1490. The number of benzene rings is 3. The van der Waals surface area contributed by atoms with Crippen molar-refractivity contribution in [2.75, 3.05) is 0 Å². The van der Waals surface area contributed by atoms with Crippen molar-refractivity contribution in [2.45, 2.75) is 44.9 Å². The van der Waals surface area contributed by atoms with Gasteiger partial charge in [0.05, 0.1) is 11.5 Å². The van der Waals surface area contributed by atoms with Gasteiger partial charge in [0.25, 0.3) is 0 Å². The van der Waals surface area contributed by atoms with Gasteiger partial charge in [0, 0.05) is 17.7 Å². The Kier molecular flexibility index (Phi) is 4.09. The van der Waals surface area contributed by atoms with Crippen LogP contribution >= 0.6 is 0 Å². The number of rotatable bonds is 2. The number of aromatic nitrogens is 1. The van der Waals surface area contributed by atoms with Crippen molar-refractivity contribution in [1.29, 1.82) is 0 Å². The van der Waals surface area contributed by atoms with Gasteiger partial charge in [-0.05, 0) is 54.3 Å². The van der Waals surface area contributed by atoms with Crippen molar-refractivity contribution < 1.29 is 10.4 Å². The first-order valence-corrected chi connectivity index (χ1v) is 11.4. The second-order valence-electron chi connectivity index (χ2n) is 9.01. The summed E-state index contributed by atoms with van der Waals surface area (Å²) in [6, 6.07) is 21.6. The Morgan fingerprint density at radius 3 is 2.55 bits per heavy atom. The zero-order chi connectivity index (χ0) is 21.9. The lowest BCUT2D eigenvalue weighted by Crippen LogP contribution is -2.30. The van der Waals surface area contributed by atoms with Crippen LogP contribution in [0.4, 0.5) is 0 Å². The fraction of sp³-hybridized carbons (Fsp3) is 0.276. The third-order valence-electron chi connectivity index (χ3n) is 6.99. The number of aryl methyl sites for hydroxylation is 2. The highest BCUT2D eigenvalue weighted by molar-refractivity contribution is 6.14. The molecule has 0 atom stereocenters. The molecule has 1 aliphatic rings. The van der Waals surface area contributed by atoms with Crippen LogP contribution in [0.1, 0.15) is 50.5 Å². The first kappa shape index (κ1) is 17.5. The summed E-state index contributed by atoms with van der Waals surface area (Å²) >= 11 is 0. The Balaban J connectivity index is 1.53. The molecule has 0 unspecified atom stereocenters. The summed E-state index contributed by atoms with van der Waals surface area (Å²) in [5.41, 5.74) is 6.62. The molecule has 0 bridgehead atoms. The first-order valence-electron chi connectivity index (χ1n) is 11.9. The lowest BCUT2D eigenvalue weighted by Gasteiger charge is -2.22. The highest BCUT2D eigenvalue weighted by Gasteiger charge is 2.20. The summed E-state index contributed by atoms with van der Waals surface area (Å²) in [6.07, 6.45) is 7.68. The molecular weight excluding hydrogens is 378 g/mol. The molecule has 0 aliphatic heterocycles. The van der Waals surface area contributed by atoms with E-state index in [-0.39, 0.29) is 0 Å². The minimum atomic E-state index is -0.439. The normalized spacial score (nSPS) is 16.8. The standard InChI is InChI=1S/C29H28NO/c1-19-8-6-7-11-23(19)27-17-28-26(18-30(27)2)25-15-13-22-16-21(20-9-4-3-5-10-20)12-14-24(22)29(25)31-28/h6-8,11-18,20H,3-5,9-10H2,1-2H3/q+1/i20D. The van der Waals surface area contributed by atoms with E-state index in [9.17, 15) is 0 Å². The van der Waals surface area contributed by atoms with Gasteiger partial charge >= 0.3 is 0 Å². The zero-order valence-electron chi connectivity index (χ0n) is 19.2. The third kappa shape index (κ3) is 3.05. The molecule has 31 heavy (non-hydrogen) atoms. The topological polar surface area (TPSA) is 17.0 Å². The van der Waals surface area contributed by atoms with Gasteiger partial charge in [-0.25, -0.2) is 4.57 Å². The molecule has 0 radical (unpaired) electrons. The smallest absolute Gasteiger partial charge is 0.216 e. The van der Waals surface area contributed by atoms with Gasteiger partial charge in [0.2, 0.25) is 5.69 Å². The predicted octanol–water partition coefficient (Wildman–Crippen LogP) is 7.59. The zero-order valence-corrected chi connectivity index (χ0v) is 18.2. The third-order valence-corrected chi connectivity index (χ3v) is 6.99. The number of pyridine rings is 1. The van der Waals surface area contributed by atoms with E-state index in [1.807, 2.05) is 0 Å². The molecule has 5 aromatic rings. The highest BCUT2D eigenvalue weighted by atomic mass is 16.3. The van der Waals surface area contributed by atoms with Crippen LogP contribution in [0.15, 0.2) is 71.3 Å². The van der Waals surface area contributed by atoms with Crippen molar-refractivity contribution in [3.63, 3.8) is 0 Å². The van der Waals surface area contributed by atoms with E-state index in [0.717, 1.165) is 69.7 Å². The van der Waals surface area contributed by atoms with Gasteiger partial charge in [-0.2, -0.15) is 0 Å². The quantitative estimate of drug-likeness (QED) is 0.276. The van der Waals surface area contributed by atoms with Crippen LogP contribution in [0.25, 0.3) is 44.0 Å². The molecule has 2 aromatic heterocycles. The summed E-state index contributed by atoms with van der Waals surface area (Å²) in [4.78, 5) is 0. The maximum absolute atomic E-state index is 9.01. The molecule has 154 valence electrons. The van der Waals surface area contributed by atoms with Crippen LogP contribution in [0.2, 0.25) is 0 Å². The van der Waals surface area contributed by atoms with E-state index in [1.54, 1.807) is 0 Å². The number of nitrogens with zero attached hydrogens (tertiary/aromatic N) is 1. The first-order chi connectivity index (χ1) is 15.5. The van der Waals surface area contributed by atoms with Crippen molar-refractivity contribution in [3.8, 4) is 11.3 Å². The molecule has 2 nitrogen and oxygen atoms in total. The number of hydrogen-bond acceptors (Lipinski definition) is 1. The van der Waals surface area contributed by atoms with Crippen molar-refractivity contribution in [1.82, 2.24) is 0 Å². The highest BCUT2D eigenvalue weighted by Crippen LogP contribution is 2.38. The van der Waals surface area contributed by atoms with Crippen LogP contribution in [0.3, 0.4) is 0 Å². The SMILES string of the molecule is [2H]C1(c2ccc3c(ccc4c5c[n+](C)c(-c6ccccc6C)cc5oc34)c2)CCCCC1. The summed E-state index contributed by atoms with van der Waals surface area (Å²) in [6.45, 7) is 2.15. The fourth-order valence-corrected chi connectivity index (χ4v) is 5.27. The van der Waals surface area contributed by atoms with E-state index in [2.05, 4.69) is 85.4 Å². The molecule has 2 heteroatoms. The molecule has 0 amide bonds. The lowest BCUT2D eigenvalue weighted by atomic mass is 9.83. The molecule has 0 N–H and O–H groups in total. The molecule has 0 saturated heterocycles. The van der Waals surface area contributed by atoms with Gasteiger partial charge in [0.15, 0.2) is 6.20 Å². The molecule has 1 saturated carbocycles. The second-order valence-corrected chi connectivity index (χ2v) is 9.01. The Morgan fingerprint density at radius 2 is 1.71 bits per heavy atom. The minimum Gasteiger partial charge on any atom is -0.455 e. The van der Waals surface area contributed by atoms with Crippen LogP contribution in [-0.2, 0) is 7.05 Å². The Hall–Kier alpha value is -3.13. The number of furan rings is 1.